The summed E-state index contributed by atoms with van der Waals surface area (Å²) in [5, 5.41) is 7.35. The highest BCUT2D eigenvalue weighted by atomic mass is 15.0. The Balaban J connectivity index is 1.28. The summed E-state index contributed by atoms with van der Waals surface area (Å²) in [7, 11) is 0. The van der Waals surface area contributed by atoms with Crippen molar-refractivity contribution in [3.63, 3.8) is 0 Å². The van der Waals surface area contributed by atoms with Crippen molar-refractivity contribution in [3.8, 4) is 62.1 Å². The van der Waals surface area contributed by atoms with Crippen molar-refractivity contribution in [1.82, 2.24) is 19.5 Å². The number of rotatable bonds is 6. The van der Waals surface area contributed by atoms with Gasteiger partial charge in [0.1, 0.15) is 0 Å². The Morgan fingerprint density at radius 1 is 0.298 bits per heavy atom. The fourth-order valence-corrected chi connectivity index (χ4v) is 8.33. The summed E-state index contributed by atoms with van der Waals surface area (Å²) in [4.78, 5) is 15.5. The van der Waals surface area contributed by atoms with Gasteiger partial charge < -0.3 is 4.57 Å². The molecule has 0 saturated carbocycles. The zero-order valence-corrected chi connectivity index (χ0v) is 30.9. The first-order valence-corrected chi connectivity index (χ1v) is 19.3. The largest absolute Gasteiger partial charge is 0.309 e. The number of benzene rings is 9. The van der Waals surface area contributed by atoms with Gasteiger partial charge in [0, 0.05) is 33.0 Å². The van der Waals surface area contributed by atoms with Crippen molar-refractivity contribution in [2.45, 2.75) is 0 Å². The standard InChI is InChI=1S/C53H34N4/c1-5-17-35(18-6-1)43-34-49(57-47-30-29-37-21-15-16-28-42(37)50(47)46-31-40-26-13-14-27-41(40)32-48(46)57)44(36-19-7-2-8-20-36)33-45(43)53-55-51(38-22-9-3-10-23-38)54-52(56-53)39-24-11-4-12-25-39/h1-34H. The van der Waals surface area contributed by atoms with E-state index >= 15 is 0 Å². The van der Waals surface area contributed by atoms with Crippen LogP contribution in [0.25, 0.3) is 105 Å². The molecule has 0 aliphatic rings. The quantitative estimate of drug-likeness (QED) is 0.171. The van der Waals surface area contributed by atoms with Gasteiger partial charge in [0.05, 0.1) is 16.7 Å². The Labute approximate surface area is 330 Å². The number of nitrogens with zero attached hydrogens (tertiary/aromatic N) is 4. The molecule has 0 spiro atoms. The van der Waals surface area contributed by atoms with Gasteiger partial charge >= 0.3 is 0 Å². The van der Waals surface area contributed by atoms with Crippen LogP contribution in [0.3, 0.4) is 0 Å². The summed E-state index contributed by atoms with van der Waals surface area (Å²) >= 11 is 0. The zero-order chi connectivity index (χ0) is 37.7. The van der Waals surface area contributed by atoms with Crippen molar-refractivity contribution in [1.29, 1.82) is 0 Å². The number of aromatic nitrogens is 4. The first-order chi connectivity index (χ1) is 28.3. The van der Waals surface area contributed by atoms with E-state index < -0.39 is 0 Å². The molecule has 2 heterocycles. The summed E-state index contributed by atoms with van der Waals surface area (Å²) in [5.41, 5.74) is 10.5. The van der Waals surface area contributed by atoms with Crippen LogP contribution in [0.2, 0.25) is 0 Å². The van der Waals surface area contributed by atoms with Gasteiger partial charge in [0.2, 0.25) is 0 Å². The van der Waals surface area contributed by atoms with E-state index in [0.717, 1.165) is 55.7 Å². The van der Waals surface area contributed by atoms with E-state index in [1.165, 1.54) is 32.3 Å². The maximum Gasteiger partial charge on any atom is 0.164 e. The summed E-state index contributed by atoms with van der Waals surface area (Å²) in [5.74, 6) is 1.87. The van der Waals surface area contributed by atoms with Crippen LogP contribution in [0.4, 0.5) is 0 Å². The third-order valence-electron chi connectivity index (χ3n) is 11.0. The molecule has 266 valence electrons. The van der Waals surface area contributed by atoms with Crippen LogP contribution in [0.5, 0.6) is 0 Å². The van der Waals surface area contributed by atoms with E-state index in [0.29, 0.717) is 17.5 Å². The maximum atomic E-state index is 5.25. The normalized spacial score (nSPS) is 11.5. The van der Waals surface area contributed by atoms with Gasteiger partial charge in [-0.1, -0.05) is 176 Å². The molecule has 0 aliphatic carbocycles. The van der Waals surface area contributed by atoms with E-state index in [1.54, 1.807) is 0 Å². The molecule has 4 nitrogen and oxygen atoms in total. The fraction of sp³-hybridized carbons (Fsp3) is 0. The molecule has 0 N–H and O–H groups in total. The minimum absolute atomic E-state index is 0.615. The van der Waals surface area contributed by atoms with Gasteiger partial charge in [-0.25, -0.2) is 15.0 Å². The minimum Gasteiger partial charge on any atom is -0.309 e. The summed E-state index contributed by atoms with van der Waals surface area (Å²) < 4.78 is 2.47. The van der Waals surface area contributed by atoms with Gasteiger partial charge in [-0.3, -0.25) is 0 Å². The molecule has 9 aromatic carbocycles. The Morgan fingerprint density at radius 3 is 1.40 bits per heavy atom. The number of hydrogen-bond acceptors (Lipinski definition) is 3. The van der Waals surface area contributed by atoms with Crippen LogP contribution in [0, 0.1) is 0 Å². The van der Waals surface area contributed by atoms with E-state index in [1.807, 2.05) is 36.4 Å². The molecule has 57 heavy (non-hydrogen) atoms. The van der Waals surface area contributed by atoms with Crippen molar-refractivity contribution in [2.75, 3.05) is 0 Å². The maximum absolute atomic E-state index is 5.25. The van der Waals surface area contributed by atoms with E-state index in [4.69, 9.17) is 15.0 Å². The molecule has 0 fully saturated rings. The zero-order valence-electron chi connectivity index (χ0n) is 30.9. The van der Waals surface area contributed by atoms with Gasteiger partial charge in [-0.2, -0.15) is 0 Å². The lowest BCUT2D eigenvalue weighted by Gasteiger charge is -2.20. The van der Waals surface area contributed by atoms with Crippen molar-refractivity contribution < 1.29 is 0 Å². The summed E-state index contributed by atoms with van der Waals surface area (Å²) in [6.07, 6.45) is 0. The van der Waals surface area contributed by atoms with Gasteiger partial charge in [-0.15, -0.1) is 0 Å². The average Bonchev–Trinajstić information content (AvgIpc) is 3.62. The lowest BCUT2D eigenvalue weighted by Crippen LogP contribution is -2.04. The highest BCUT2D eigenvalue weighted by molar-refractivity contribution is 6.23. The minimum atomic E-state index is 0.615. The molecule has 0 radical (unpaired) electrons. The number of fused-ring (bicyclic) bond motifs is 6. The molecule has 0 atom stereocenters. The molecule has 4 heteroatoms. The van der Waals surface area contributed by atoms with E-state index in [9.17, 15) is 0 Å². The second-order valence-corrected chi connectivity index (χ2v) is 14.4. The Morgan fingerprint density at radius 2 is 0.789 bits per heavy atom. The third-order valence-corrected chi connectivity index (χ3v) is 11.0. The fourth-order valence-electron chi connectivity index (χ4n) is 8.33. The highest BCUT2D eigenvalue weighted by Gasteiger charge is 2.23. The van der Waals surface area contributed by atoms with Crippen LogP contribution in [0.1, 0.15) is 0 Å². The van der Waals surface area contributed by atoms with Crippen LogP contribution in [-0.4, -0.2) is 19.5 Å². The molecule has 11 aromatic rings. The Kier molecular flexibility index (Phi) is 7.78. The molecule has 0 unspecified atom stereocenters. The SMILES string of the molecule is c1ccc(-c2nc(-c3ccccc3)nc(-c3cc(-c4ccccc4)c(-n4c5cc6ccccc6cc5c5c6ccccc6ccc54)cc3-c3ccccc3)n2)cc1. The molecule has 0 aliphatic heterocycles. The first kappa shape index (κ1) is 32.7. The lowest BCUT2D eigenvalue weighted by atomic mass is 9.92. The van der Waals surface area contributed by atoms with E-state index in [2.05, 4.69) is 174 Å². The van der Waals surface area contributed by atoms with Crippen LogP contribution >= 0.6 is 0 Å². The first-order valence-electron chi connectivity index (χ1n) is 19.3. The predicted octanol–water partition coefficient (Wildman–Crippen LogP) is 13.6. The lowest BCUT2D eigenvalue weighted by molar-refractivity contribution is 1.07. The molecular weight excluding hydrogens is 693 g/mol. The van der Waals surface area contributed by atoms with Crippen LogP contribution in [0.15, 0.2) is 206 Å². The second kappa shape index (κ2) is 13.6. The predicted molar refractivity (Wildman–Crippen MR) is 236 cm³/mol. The van der Waals surface area contributed by atoms with Gasteiger partial charge in [0.25, 0.3) is 0 Å². The smallest absolute Gasteiger partial charge is 0.164 e. The number of hydrogen-bond donors (Lipinski definition) is 0. The molecule has 2 aromatic heterocycles. The van der Waals surface area contributed by atoms with Crippen LogP contribution < -0.4 is 0 Å². The van der Waals surface area contributed by atoms with Gasteiger partial charge in [-0.05, 0) is 68.6 Å². The highest BCUT2D eigenvalue weighted by Crippen LogP contribution is 2.44. The molecule has 0 bridgehead atoms. The Hall–Kier alpha value is -7.69. The average molecular weight is 727 g/mol. The molecule has 0 saturated heterocycles. The monoisotopic (exact) mass is 726 g/mol. The van der Waals surface area contributed by atoms with E-state index in [-0.39, 0.29) is 0 Å². The molecule has 0 amide bonds. The Bertz CT molecular complexity index is 3210. The second-order valence-electron chi connectivity index (χ2n) is 14.4. The molecular formula is C53H34N4. The van der Waals surface area contributed by atoms with Crippen molar-refractivity contribution in [3.05, 3.63) is 206 Å². The third kappa shape index (κ3) is 5.66. The summed E-state index contributed by atoms with van der Waals surface area (Å²) in [6, 6.07) is 73.0. The van der Waals surface area contributed by atoms with Gasteiger partial charge in [0.15, 0.2) is 17.5 Å². The summed E-state index contributed by atoms with van der Waals surface area (Å²) in [6.45, 7) is 0. The topological polar surface area (TPSA) is 43.6 Å². The van der Waals surface area contributed by atoms with Crippen molar-refractivity contribution in [2.24, 2.45) is 0 Å². The van der Waals surface area contributed by atoms with Crippen LogP contribution in [-0.2, 0) is 0 Å². The van der Waals surface area contributed by atoms with Crippen molar-refractivity contribution >= 4 is 43.4 Å². The molecule has 11 rings (SSSR count).